The summed E-state index contributed by atoms with van der Waals surface area (Å²) in [5.74, 6) is -2.70. The van der Waals surface area contributed by atoms with Crippen LogP contribution >= 0.6 is 0 Å². The number of imide groups is 1. The lowest BCUT2D eigenvalue weighted by molar-refractivity contribution is -0.146. The number of hydrogen-bond acceptors (Lipinski definition) is 6. The number of rotatable bonds is 6. The smallest absolute Gasteiger partial charge is 0.326 e. The van der Waals surface area contributed by atoms with E-state index in [2.05, 4.69) is 5.32 Å². The third-order valence-electron chi connectivity index (χ3n) is 4.33. The van der Waals surface area contributed by atoms with Gasteiger partial charge in [-0.25, -0.2) is 0 Å². The van der Waals surface area contributed by atoms with Crippen LogP contribution in [0.4, 0.5) is 5.69 Å². The summed E-state index contributed by atoms with van der Waals surface area (Å²) >= 11 is 0. The molecule has 0 aromatic heterocycles. The van der Waals surface area contributed by atoms with Crippen molar-refractivity contribution in [3.8, 4) is 0 Å². The first-order valence-corrected chi connectivity index (χ1v) is 8.84. The van der Waals surface area contributed by atoms with E-state index in [1.165, 1.54) is 38.1 Å². The van der Waals surface area contributed by atoms with E-state index in [9.17, 15) is 24.0 Å². The molecule has 2 aromatic carbocycles. The van der Waals surface area contributed by atoms with Gasteiger partial charge >= 0.3 is 5.97 Å². The molecule has 1 aliphatic rings. The predicted molar refractivity (Wildman–Crippen MR) is 102 cm³/mol. The quantitative estimate of drug-likeness (QED) is 0.456. The zero-order valence-corrected chi connectivity index (χ0v) is 15.8. The Kier molecular flexibility index (Phi) is 5.54. The Balaban J connectivity index is 1.61. The van der Waals surface area contributed by atoms with Crippen LogP contribution in [0.15, 0.2) is 48.5 Å². The van der Waals surface area contributed by atoms with Crippen LogP contribution in [0.25, 0.3) is 0 Å². The lowest BCUT2D eigenvalue weighted by Crippen LogP contribution is -2.37. The van der Waals surface area contributed by atoms with Gasteiger partial charge in [0.05, 0.1) is 11.1 Å². The number of ether oxygens (including phenoxy) is 1. The zero-order chi connectivity index (χ0) is 21.1. The van der Waals surface area contributed by atoms with E-state index in [1.807, 2.05) is 0 Å². The van der Waals surface area contributed by atoms with Crippen LogP contribution in [-0.4, -0.2) is 47.0 Å². The van der Waals surface area contributed by atoms with E-state index < -0.39 is 36.2 Å². The normalized spacial score (nSPS) is 13.7. The van der Waals surface area contributed by atoms with Crippen molar-refractivity contribution in [1.82, 2.24) is 4.90 Å². The van der Waals surface area contributed by atoms with Gasteiger partial charge in [0.25, 0.3) is 11.8 Å². The van der Waals surface area contributed by atoms with Crippen LogP contribution in [0.5, 0.6) is 0 Å². The van der Waals surface area contributed by atoms with Crippen molar-refractivity contribution >= 4 is 35.2 Å². The molecule has 2 aromatic rings. The maximum Gasteiger partial charge on any atom is 0.326 e. The summed E-state index contributed by atoms with van der Waals surface area (Å²) in [4.78, 5) is 61.1. The molecule has 1 atom stereocenters. The SMILES string of the molecule is CC(=O)Nc1ccc(C(=O)[C@@H](C)OC(=O)CN2C(=O)c3ccccc3C2=O)cc1. The fraction of sp³-hybridized carbons (Fsp3) is 0.190. The number of ketones is 1. The number of carbonyl (C=O) groups is 5. The summed E-state index contributed by atoms with van der Waals surface area (Å²) in [6, 6.07) is 12.4. The Morgan fingerprint density at radius 1 is 0.966 bits per heavy atom. The Hall–Kier alpha value is -3.81. The number of nitrogens with zero attached hydrogens (tertiary/aromatic N) is 1. The highest BCUT2D eigenvalue weighted by atomic mass is 16.5. The third-order valence-corrected chi connectivity index (χ3v) is 4.33. The largest absolute Gasteiger partial charge is 0.453 e. The minimum Gasteiger partial charge on any atom is -0.453 e. The highest BCUT2D eigenvalue weighted by Gasteiger charge is 2.37. The minimum atomic E-state index is -1.11. The predicted octanol–water partition coefficient (Wildman–Crippen LogP) is 2.06. The molecule has 0 radical (unpaired) electrons. The maximum atomic E-state index is 12.4. The van der Waals surface area contributed by atoms with Crippen LogP contribution in [0, 0.1) is 0 Å². The molecule has 3 amide bonds. The van der Waals surface area contributed by atoms with Crippen molar-refractivity contribution in [2.75, 3.05) is 11.9 Å². The Morgan fingerprint density at radius 2 is 1.52 bits per heavy atom. The van der Waals surface area contributed by atoms with E-state index >= 15 is 0 Å². The molecule has 1 aliphatic heterocycles. The van der Waals surface area contributed by atoms with Crippen LogP contribution in [0.2, 0.25) is 0 Å². The number of fused-ring (bicyclic) bond motifs is 1. The Labute approximate surface area is 166 Å². The minimum absolute atomic E-state index is 0.230. The number of carbonyl (C=O) groups excluding carboxylic acids is 5. The molecule has 0 saturated heterocycles. The van der Waals surface area contributed by atoms with Gasteiger partial charge in [-0.05, 0) is 43.3 Å². The Morgan fingerprint density at radius 3 is 2.03 bits per heavy atom. The van der Waals surface area contributed by atoms with E-state index in [0.29, 0.717) is 11.3 Å². The summed E-state index contributed by atoms with van der Waals surface area (Å²) < 4.78 is 5.11. The van der Waals surface area contributed by atoms with Gasteiger partial charge in [-0.15, -0.1) is 0 Å². The molecule has 0 saturated carbocycles. The molecule has 0 fully saturated rings. The zero-order valence-electron chi connectivity index (χ0n) is 15.8. The molecule has 1 heterocycles. The molecule has 0 aliphatic carbocycles. The molecule has 0 unspecified atom stereocenters. The number of nitrogens with one attached hydrogen (secondary N) is 1. The van der Waals surface area contributed by atoms with E-state index in [-0.39, 0.29) is 17.0 Å². The van der Waals surface area contributed by atoms with Crippen LogP contribution in [0.1, 0.15) is 44.9 Å². The number of anilines is 1. The van der Waals surface area contributed by atoms with Crippen molar-refractivity contribution < 1.29 is 28.7 Å². The summed E-state index contributed by atoms with van der Waals surface area (Å²) in [5, 5.41) is 2.58. The molecular weight excluding hydrogens is 376 g/mol. The molecular formula is C21H18N2O6. The molecule has 0 bridgehead atoms. The maximum absolute atomic E-state index is 12.4. The van der Waals surface area contributed by atoms with Gasteiger partial charge in [0.2, 0.25) is 11.7 Å². The lowest BCUT2D eigenvalue weighted by Gasteiger charge is -2.16. The molecule has 1 N–H and O–H groups in total. The topological polar surface area (TPSA) is 110 Å². The van der Waals surface area contributed by atoms with Gasteiger partial charge in [-0.2, -0.15) is 0 Å². The van der Waals surface area contributed by atoms with Crippen molar-refractivity contribution in [3.63, 3.8) is 0 Å². The molecule has 148 valence electrons. The van der Waals surface area contributed by atoms with Crippen LogP contribution in [-0.2, 0) is 14.3 Å². The average molecular weight is 394 g/mol. The number of amides is 3. The highest BCUT2D eigenvalue weighted by Crippen LogP contribution is 2.22. The second-order valence-corrected chi connectivity index (χ2v) is 6.50. The van der Waals surface area contributed by atoms with Crippen LogP contribution in [0.3, 0.4) is 0 Å². The lowest BCUT2D eigenvalue weighted by atomic mass is 10.1. The molecule has 3 rings (SSSR count). The summed E-state index contributed by atoms with van der Waals surface area (Å²) in [6.07, 6.45) is -1.11. The van der Waals surface area contributed by atoms with Gasteiger partial charge in [-0.3, -0.25) is 28.9 Å². The highest BCUT2D eigenvalue weighted by molar-refractivity contribution is 6.22. The molecule has 8 nitrogen and oxygen atoms in total. The van der Waals surface area contributed by atoms with Gasteiger partial charge in [-0.1, -0.05) is 12.1 Å². The van der Waals surface area contributed by atoms with Crippen LogP contribution < -0.4 is 5.32 Å². The second kappa shape index (κ2) is 8.05. The third kappa shape index (κ3) is 4.21. The van der Waals surface area contributed by atoms with Gasteiger partial charge in [0, 0.05) is 18.2 Å². The van der Waals surface area contributed by atoms with Crippen molar-refractivity contribution in [3.05, 3.63) is 65.2 Å². The number of hydrogen-bond donors (Lipinski definition) is 1. The second-order valence-electron chi connectivity index (χ2n) is 6.50. The standard InChI is InChI=1S/C21H18N2O6/c1-12(19(26)14-7-9-15(10-8-14)22-13(2)24)29-18(25)11-23-20(27)16-5-3-4-6-17(16)21(23)28/h3-10,12H,11H2,1-2H3,(H,22,24)/t12-/m1/s1. The van der Waals surface area contributed by atoms with Crippen molar-refractivity contribution in [1.29, 1.82) is 0 Å². The molecule has 29 heavy (non-hydrogen) atoms. The fourth-order valence-corrected chi connectivity index (χ4v) is 2.96. The average Bonchev–Trinajstić information content (AvgIpc) is 2.92. The van der Waals surface area contributed by atoms with E-state index in [0.717, 1.165) is 4.90 Å². The van der Waals surface area contributed by atoms with E-state index in [1.54, 1.807) is 24.3 Å². The number of Topliss-reactive ketones (excluding diaryl/α,β-unsaturated/α-hetero) is 1. The number of benzene rings is 2. The monoisotopic (exact) mass is 394 g/mol. The summed E-state index contributed by atoms with van der Waals surface area (Å²) in [7, 11) is 0. The van der Waals surface area contributed by atoms with Gasteiger partial charge < -0.3 is 10.1 Å². The van der Waals surface area contributed by atoms with Gasteiger partial charge in [0.1, 0.15) is 6.54 Å². The van der Waals surface area contributed by atoms with E-state index in [4.69, 9.17) is 4.74 Å². The molecule has 8 heteroatoms. The van der Waals surface area contributed by atoms with Crippen molar-refractivity contribution in [2.24, 2.45) is 0 Å². The first-order chi connectivity index (χ1) is 13.8. The first-order valence-electron chi connectivity index (χ1n) is 8.84. The van der Waals surface area contributed by atoms with Crippen molar-refractivity contribution in [2.45, 2.75) is 20.0 Å². The Bertz CT molecular complexity index is 977. The molecule has 0 spiro atoms. The number of esters is 1. The summed E-state index contributed by atoms with van der Waals surface area (Å²) in [5.41, 5.74) is 1.28. The summed E-state index contributed by atoms with van der Waals surface area (Å²) in [6.45, 7) is 2.20. The fourth-order valence-electron chi connectivity index (χ4n) is 2.96. The first kappa shape index (κ1) is 19.9. The van der Waals surface area contributed by atoms with Gasteiger partial charge in [0.15, 0.2) is 6.10 Å².